The first-order valence-electron chi connectivity index (χ1n) is 8.00. The predicted octanol–water partition coefficient (Wildman–Crippen LogP) is 2.96. The lowest BCUT2D eigenvalue weighted by atomic mass is 10.1. The third-order valence-corrected chi connectivity index (χ3v) is 3.49. The molecular formula is C17H25N5O2. The van der Waals surface area contributed by atoms with Crippen LogP contribution in [0.15, 0.2) is 24.4 Å². The average Bonchev–Trinajstić information content (AvgIpc) is 2.59. The van der Waals surface area contributed by atoms with Gasteiger partial charge >= 0.3 is 0 Å². The summed E-state index contributed by atoms with van der Waals surface area (Å²) < 4.78 is 10.5. The highest BCUT2D eigenvalue weighted by atomic mass is 16.5. The number of nitrogens with one attached hydrogen (secondary N) is 2. The van der Waals surface area contributed by atoms with E-state index in [4.69, 9.17) is 9.47 Å². The number of hydrogen-bond donors (Lipinski definition) is 2. The van der Waals surface area contributed by atoms with Crippen molar-refractivity contribution < 1.29 is 9.47 Å². The Morgan fingerprint density at radius 1 is 1.08 bits per heavy atom. The topological polar surface area (TPSA) is 81.2 Å². The molecule has 0 saturated carbocycles. The molecule has 1 heterocycles. The van der Waals surface area contributed by atoms with Gasteiger partial charge in [0.2, 0.25) is 5.95 Å². The van der Waals surface area contributed by atoms with Gasteiger partial charge in [0.25, 0.3) is 0 Å². The second-order valence-corrected chi connectivity index (χ2v) is 5.82. The lowest BCUT2D eigenvalue weighted by molar-refractivity contribution is 0.354. The van der Waals surface area contributed by atoms with E-state index in [0.29, 0.717) is 29.9 Å². The van der Waals surface area contributed by atoms with Crippen molar-refractivity contribution in [1.29, 1.82) is 0 Å². The molecule has 7 heteroatoms. The average molecular weight is 331 g/mol. The maximum Gasteiger partial charge on any atom is 0.244 e. The van der Waals surface area contributed by atoms with Gasteiger partial charge in [-0.1, -0.05) is 19.9 Å². The van der Waals surface area contributed by atoms with Crippen LogP contribution in [0.3, 0.4) is 0 Å². The van der Waals surface area contributed by atoms with Crippen LogP contribution in [0.25, 0.3) is 0 Å². The van der Waals surface area contributed by atoms with Crippen LogP contribution in [-0.2, 0) is 6.54 Å². The van der Waals surface area contributed by atoms with Crippen LogP contribution in [0.1, 0.15) is 25.8 Å². The number of hydrogen-bond acceptors (Lipinski definition) is 7. The van der Waals surface area contributed by atoms with E-state index in [-0.39, 0.29) is 0 Å². The minimum atomic E-state index is 0.485. The zero-order valence-corrected chi connectivity index (χ0v) is 14.7. The Balaban J connectivity index is 1.94. The van der Waals surface area contributed by atoms with Crippen LogP contribution < -0.4 is 20.1 Å². The Hall–Kier alpha value is -2.57. The van der Waals surface area contributed by atoms with E-state index in [2.05, 4.69) is 39.7 Å². The van der Waals surface area contributed by atoms with Crippen molar-refractivity contribution in [3.05, 3.63) is 30.0 Å². The highest BCUT2D eigenvalue weighted by Crippen LogP contribution is 2.27. The summed E-state index contributed by atoms with van der Waals surface area (Å²) in [5.41, 5.74) is 1.04. The van der Waals surface area contributed by atoms with E-state index in [1.54, 1.807) is 20.4 Å². The molecule has 1 aromatic carbocycles. The third kappa shape index (κ3) is 5.26. The quantitative estimate of drug-likeness (QED) is 0.731. The molecule has 2 N–H and O–H groups in total. The largest absolute Gasteiger partial charge is 0.493 e. The van der Waals surface area contributed by atoms with Gasteiger partial charge in [0.1, 0.15) is 5.82 Å². The van der Waals surface area contributed by atoms with Crippen molar-refractivity contribution in [3.63, 3.8) is 0 Å². The standard InChI is InChI=1S/C17H25N5O2/c1-12(2)7-8-18-16-11-20-22-17(21-16)19-10-13-5-6-14(23-3)15(9-13)24-4/h5-6,9,11-12H,7-8,10H2,1-4H3,(H2,18,19,21,22). The summed E-state index contributed by atoms with van der Waals surface area (Å²) in [6.45, 7) is 5.81. The summed E-state index contributed by atoms with van der Waals surface area (Å²) >= 11 is 0. The molecule has 0 atom stereocenters. The fraction of sp³-hybridized carbons (Fsp3) is 0.471. The van der Waals surface area contributed by atoms with Crippen LogP contribution in [0.2, 0.25) is 0 Å². The number of ether oxygens (including phenoxy) is 2. The molecule has 0 amide bonds. The fourth-order valence-electron chi connectivity index (χ4n) is 2.12. The zero-order valence-electron chi connectivity index (χ0n) is 14.7. The van der Waals surface area contributed by atoms with E-state index in [0.717, 1.165) is 24.3 Å². The second kappa shape index (κ2) is 8.90. The Morgan fingerprint density at radius 2 is 1.88 bits per heavy atom. The van der Waals surface area contributed by atoms with Gasteiger partial charge in [0.05, 0.1) is 20.4 Å². The zero-order chi connectivity index (χ0) is 17.4. The SMILES string of the molecule is COc1ccc(CNc2nncc(NCCC(C)C)n2)cc1OC. The number of aromatic nitrogens is 3. The molecule has 0 aliphatic heterocycles. The Labute approximate surface area is 142 Å². The number of methoxy groups -OCH3 is 2. The summed E-state index contributed by atoms with van der Waals surface area (Å²) in [6, 6.07) is 5.76. The second-order valence-electron chi connectivity index (χ2n) is 5.82. The lowest BCUT2D eigenvalue weighted by Gasteiger charge is -2.11. The van der Waals surface area contributed by atoms with Crippen molar-refractivity contribution in [2.45, 2.75) is 26.8 Å². The molecular weight excluding hydrogens is 306 g/mol. The minimum Gasteiger partial charge on any atom is -0.493 e. The molecule has 0 spiro atoms. The van der Waals surface area contributed by atoms with E-state index in [9.17, 15) is 0 Å². The van der Waals surface area contributed by atoms with E-state index >= 15 is 0 Å². The van der Waals surface area contributed by atoms with Crippen molar-refractivity contribution in [2.24, 2.45) is 5.92 Å². The molecule has 0 fully saturated rings. The molecule has 0 saturated heterocycles. The van der Waals surface area contributed by atoms with Crippen molar-refractivity contribution >= 4 is 11.8 Å². The van der Waals surface area contributed by atoms with Gasteiger partial charge in [-0.05, 0) is 30.0 Å². The van der Waals surface area contributed by atoms with Crippen molar-refractivity contribution in [3.8, 4) is 11.5 Å². The molecule has 0 radical (unpaired) electrons. The van der Waals surface area contributed by atoms with Crippen LogP contribution in [-0.4, -0.2) is 35.9 Å². The number of nitrogens with zero attached hydrogens (tertiary/aromatic N) is 3. The third-order valence-electron chi connectivity index (χ3n) is 3.49. The smallest absolute Gasteiger partial charge is 0.244 e. The van der Waals surface area contributed by atoms with Gasteiger partial charge in [0.15, 0.2) is 11.5 Å². The van der Waals surface area contributed by atoms with E-state index < -0.39 is 0 Å². The van der Waals surface area contributed by atoms with Gasteiger partial charge in [-0.25, -0.2) is 0 Å². The molecule has 7 nitrogen and oxygen atoms in total. The molecule has 2 aromatic rings. The highest BCUT2D eigenvalue weighted by Gasteiger charge is 2.06. The Bertz CT molecular complexity index is 649. The Morgan fingerprint density at radius 3 is 2.58 bits per heavy atom. The first kappa shape index (κ1) is 17.8. The minimum absolute atomic E-state index is 0.485. The maximum absolute atomic E-state index is 5.31. The lowest BCUT2D eigenvalue weighted by Crippen LogP contribution is -2.10. The molecule has 2 rings (SSSR count). The van der Waals surface area contributed by atoms with Crippen molar-refractivity contribution in [1.82, 2.24) is 15.2 Å². The van der Waals surface area contributed by atoms with Gasteiger partial charge < -0.3 is 20.1 Å². The van der Waals surface area contributed by atoms with E-state index in [1.165, 1.54) is 0 Å². The number of benzene rings is 1. The van der Waals surface area contributed by atoms with Crippen LogP contribution in [0.4, 0.5) is 11.8 Å². The van der Waals surface area contributed by atoms with Gasteiger partial charge in [0, 0.05) is 13.1 Å². The van der Waals surface area contributed by atoms with Crippen LogP contribution in [0.5, 0.6) is 11.5 Å². The molecule has 0 bridgehead atoms. The van der Waals surface area contributed by atoms with Crippen LogP contribution >= 0.6 is 0 Å². The normalized spacial score (nSPS) is 10.5. The van der Waals surface area contributed by atoms with Gasteiger partial charge in [-0.2, -0.15) is 10.1 Å². The first-order valence-corrected chi connectivity index (χ1v) is 8.00. The number of anilines is 2. The molecule has 0 aliphatic rings. The fourth-order valence-corrected chi connectivity index (χ4v) is 2.12. The molecule has 1 aromatic heterocycles. The number of rotatable bonds is 9. The summed E-state index contributed by atoms with van der Waals surface area (Å²) in [4.78, 5) is 4.41. The first-order chi connectivity index (χ1) is 11.6. The molecule has 0 unspecified atom stereocenters. The summed E-state index contributed by atoms with van der Waals surface area (Å²) in [7, 11) is 3.24. The highest BCUT2D eigenvalue weighted by molar-refractivity contribution is 5.44. The predicted molar refractivity (Wildman–Crippen MR) is 94.6 cm³/mol. The van der Waals surface area contributed by atoms with E-state index in [1.807, 2.05) is 18.2 Å². The van der Waals surface area contributed by atoms with Gasteiger partial charge in [-0.15, -0.1) is 5.10 Å². The molecule has 24 heavy (non-hydrogen) atoms. The Kier molecular flexibility index (Phi) is 6.60. The molecule has 130 valence electrons. The monoisotopic (exact) mass is 331 g/mol. The summed E-state index contributed by atoms with van der Waals surface area (Å²) in [5, 5.41) is 14.4. The van der Waals surface area contributed by atoms with Gasteiger partial charge in [-0.3, -0.25) is 0 Å². The molecule has 0 aliphatic carbocycles. The van der Waals surface area contributed by atoms with Crippen LogP contribution in [0, 0.1) is 5.92 Å². The summed E-state index contributed by atoms with van der Waals surface area (Å²) in [5.74, 6) is 3.25. The summed E-state index contributed by atoms with van der Waals surface area (Å²) in [6.07, 6.45) is 2.71. The van der Waals surface area contributed by atoms with Crippen molar-refractivity contribution in [2.75, 3.05) is 31.4 Å². The maximum atomic E-state index is 5.31.